The summed E-state index contributed by atoms with van der Waals surface area (Å²) >= 11 is 1.33. The van der Waals surface area contributed by atoms with E-state index >= 15 is 0 Å². The van der Waals surface area contributed by atoms with Crippen molar-refractivity contribution in [2.75, 3.05) is 38.3 Å². The minimum atomic E-state index is -0.191. The molecule has 3 N–H and O–H groups in total. The number of nitrogens with one attached hydrogen (secondary N) is 1. The Balaban J connectivity index is 1.90. The van der Waals surface area contributed by atoms with Gasteiger partial charge in [-0.3, -0.25) is 4.79 Å². The van der Waals surface area contributed by atoms with Crippen LogP contribution in [0.4, 0.5) is 11.4 Å². The van der Waals surface area contributed by atoms with E-state index in [9.17, 15) is 4.79 Å². The van der Waals surface area contributed by atoms with Gasteiger partial charge in [-0.1, -0.05) is 0 Å². The molecule has 6 heteroatoms. The van der Waals surface area contributed by atoms with E-state index in [4.69, 9.17) is 10.5 Å². The van der Waals surface area contributed by atoms with Crippen LogP contribution in [-0.2, 0) is 0 Å². The van der Waals surface area contributed by atoms with E-state index in [0.29, 0.717) is 22.9 Å². The largest absolute Gasteiger partial charge is 0.492 e. The third-order valence-corrected chi connectivity index (χ3v) is 3.75. The van der Waals surface area contributed by atoms with Crippen LogP contribution < -0.4 is 15.8 Å². The lowest BCUT2D eigenvalue weighted by Crippen LogP contribution is -2.19. The first-order chi connectivity index (χ1) is 10.1. The van der Waals surface area contributed by atoms with Crippen LogP contribution in [0.2, 0.25) is 0 Å². The van der Waals surface area contributed by atoms with E-state index in [1.54, 1.807) is 11.4 Å². The maximum absolute atomic E-state index is 12.0. The summed E-state index contributed by atoms with van der Waals surface area (Å²) in [5.41, 5.74) is 6.94. The van der Waals surface area contributed by atoms with Crippen molar-refractivity contribution < 1.29 is 9.53 Å². The average molecular weight is 305 g/mol. The molecule has 0 atom stereocenters. The fraction of sp³-hybridized carbons (Fsp3) is 0.267. The van der Waals surface area contributed by atoms with Gasteiger partial charge in [-0.25, -0.2) is 0 Å². The topological polar surface area (TPSA) is 67.6 Å². The van der Waals surface area contributed by atoms with E-state index in [-0.39, 0.29) is 5.91 Å². The maximum atomic E-state index is 12.0. The first kappa shape index (κ1) is 15.3. The number of likely N-dealkylation sites (N-methyl/N-ethyl adjacent to an activating group) is 1. The highest BCUT2D eigenvalue weighted by atomic mass is 32.1. The summed E-state index contributed by atoms with van der Waals surface area (Å²) in [5.74, 6) is 0.592. The predicted molar refractivity (Wildman–Crippen MR) is 87.2 cm³/mol. The molecule has 21 heavy (non-hydrogen) atoms. The van der Waals surface area contributed by atoms with Crippen molar-refractivity contribution in [2.45, 2.75) is 0 Å². The van der Waals surface area contributed by atoms with Crippen molar-refractivity contribution in [2.24, 2.45) is 0 Å². The lowest BCUT2D eigenvalue weighted by Gasteiger charge is -2.11. The number of ether oxygens (including phenoxy) is 1. The molecule has 112 valence electrons. The first-order valence-electron chi connectivity index (χ1n) is 6.58. The number of thiophene rings is 1. The van der Waals surface area contributed by atoms with E-state index in [1.807, 2.05) is 38.4 Å². The molecule has 2 aromatic rings. The smallest absolute Gasteiger partial charge is 0.267 e. The fourth-order valence-corrected chi connectivity index (χ4v) is 2.39. The number of nitrogen functional groups attached to an aromatic ring is 1. The van der Waals surface area contributed by atoms with Gasteiger partial charge in [0, 0.05) is 12.2 Å². The van der Waals surface area contributed by atoms with E-state index in [0.717, 1.165) is 12.3 Å². The summed E-state index contributed by atoms with van der Waals surface area (Å²) in [7, 11) is 4.00. The zero-order valence-corrected chi connectivity index (χ0v) is 12.9. The third-order valence-electron chi connectivity index (χ3n) is 2.82. The standard InChI is InChI=1S/C15H19N3O2S/c1-18(2)8-9-20-12-5-3-11(4-6-12)17-15(19)14-13(16)7-10-21-14/h3-7,10H,8-9,16H2,1-2H3,(H,17,19). The summed E-state index contributed by atoms with van der Waals surface area (Å²) in [6.07, 6.45) is 0. The molecular formula is C15H19N3O2S. The Morgan fingerprint density at radius 1 is 1.29 bits per heavy atom. The molecule has 0 aliphatic carbocycles. The van der Waals surface area contributed by atoms with Crippen LogP contribution >= 0.6 is 11.3 Å². The van der Waals surface area contributed by atoms with Gasteiger partial charge in [-0.15, -0.1) is 11.3 Å². The number of rotatable bonds is 6. The van der Waals surface area contributed by atoms with Gasteiger partial charge in [0.25, 0.3) is 5.91 Å². The highest BCUT2D eigenvalue weighted by Gasteiger charge is 2.11. The van der Waals surface area contributed by atoms with Crippen molar-refractivity contribution >= 4 is 28.6 Å². The molecular weight excluding hydrogens is 286 g/mol. The number of nitrogens with two attached hydrogens (primary N) is 1. The molecule has 2 rings (SSSR count). The molecule has 0 saturated heterocycles. The predicted octanol–water partition coefficient (Wildman–Crippen LogP) is 2.52. The van der Waals surface area contributed by atoms with Gasteiger partial charge >= 0.3 is 0 Å². The van der Waals surface area contributed by atoms with Crippen LogP contribution in [0.3, 0.4) is 0 Å². The number of hydrogen-bond acceptors (Lipinski definition) is 5. The normalized spacial score (nSPS) is 10.6. The second-order valence-electron chi connectivity index (χ2n) is 4.84. The number of carbonyl (C=O) groups excluding carboxylic acids is 1. The summed E-state index contributed by atoms with van der Waals surface area (Å²) in [4.78, 5) is 14.6. The molecule has 0 bridgehead atoms. The van der Waals surface area contributed by atoms with Crippen LogP contribution in [0.15, 0.2) is 35.7 Å². The lowest BCUT2D eigenvalue weighted by atomic mass is 10.3. The highest BCUT2D eigenvalue weighted by molar-refractivity contribution is 7.12. The second-order valence-corrected chi connectivity index (χ2v) is 5.75. The minimum absolute atomic E-state index is 0.191. The highest BCUT2D eigenvalue weighted by Crippen LogP contribution is 2.21. The zero-order chi connectivity index (χ0) is 15.2. The quantitative estimate of drug-likeness (QED) is 0.860. The van der Waals surface area contributed by atoms with Gasteiger partial charge in [-0.05, 0) is 49.8 Å². The minimum Gasteiger partial charge on any atom is -0.492 e. The molecule has 1 amide bonds. The maximum Gasteiger partial charge on any atom is 0.267 e. The van der Waals surface area contributed by atoms with Crippen molar-refractivity contribution in [3.63, 3.8) is 0 Å². The zero-order valence-electron chi connectivity index (χ0n) is 12.1. The van der Waals surface area contributed by atoms with Crippen molar-refractivity contribution in [1.29, 1.82) is 0 Å². The molecule has 0 radical (unpaired) electrons. The van der Waals surface area contributed by atoms with Crippen LogP contribution in [0.1, 0.15) is 9.67 Å². The summed E-state index contributed by atoms with van der Waals surface area (Å²) in [6.45, 7) is 1.49. The molecule has 1 aromatic heterocycles. The van der Waals surface area contributed by atoms with Crippen LogP contribution in [0.25, 0.3) is 0 Å². The van der Waals surface area contributed by atoms with Gasteiger partial charge in [0.05, 0.1) is 5.69 Å². The van der Waals surface area contributed by atoms with Crippen LogP contribution in [-0.4, -0.2) is 38.1 Å². The summed E-state index contributed by atoms with van der Waals surface area (Å²) in [5, 5.41) is 4.61. The number of nitrogens with zero attached hydrogens (tertiary/aromatic N) is 1. The van der Waals surface area contributed by atoms with Gasteiger partial charge in [0.15, 0.2) is 0 Å². The van der Waals surface area contributed by atoms with Crippen molar-refractivity contribution in [3.05, 3.63) is 40.6 Å². The second kappa shape index (κ2) is 7.10. The average Bonchev–Trinajstić information content (AvgIpc) is 2.87. The Bertz CT molecular complexity index is 593. The third kappa shape index (κ3) is 4.47. The number of carbonyl (C=O) groups is 1. The number of hydrogen-bond donors (Lipinski definition) is 2. The Morgan fingerprint density at radius 3 is 2.57 bits per heavy atom. The van der Waals surface area contributed by atoms with Crippen molar-refractivity contribution in [1.82, 2.24) is 4.90 Å². The molecule has 0 aliphatic heterocycles. The SMILES string of the molecule is CN(C)CCOc1ccc(NC(=O)c2sccc2N)cc1. The molecule has 0 saturated carbocycles. The van der Waals surface area contributed by atoms with Crippen LogP contribution in [0.5, 0.6) is 5.75 Å². The van der Waals surface area contributed by atoms with Crippen LogP contribution in [0, 0.1) is 0 Å². The van der Waals surface area contributed by atoms with E-state index in [1.165, 1.54) is 11.3 Å². The molecule has 1 aromatic carbocycles. The summed E-state index contributed by atoms with van der Waals surface area (Å²) < 4.78 is 5.60. The number of amides is 1. The monoisotopic (exact) mass is 305 g/mol. The van der Waals surface area contributed by atoms with E-state index < -0.39 is 0 Å². The Labute approximate surface area is 128 Å². The van der Waals surface area contributed by atoms with Gasteiger partial charge in [0.2, 0.25) is 0 Å². The van der Waals surface area contributed by atoms with Gasteiger partial charge < -0.3 is 20.7 Å². The molecule has 0 aliphatic rings. The van der Waals surface area contributed by atoms with E-state index in [2.05, 4.69) is 10.2 Å². The molecule has 1 heterocycles. The Kier molecular flexibility index (Phi) is 5.19. The van der Waals surface area contributed by atoms with Gasteiger partial charge in [0.1, 0.15) is 17.2 Å². The lowest BCUT2D eigenvalue weighted by molar-refractivity contribution is 0.103. The Hall–Kier alpha value is -2.05. The Morgan fingerprint density at radius 2 is 2.00 bits per heavy atom. The fourth-order valence-electron chi connectivity index (χ4n) is 1.67. The molecule has 0 spiro atoms. The first-order valence-corrected chi connectivity index (χ1v) is 7.46. The number of anilines is 2. The molecule has 0 unspecified atom stereocenters. The molecule has 5 nitrogen and oxygen atoms in total. The number of benzene rings is 1. The molecule has 0 fully saturated rings. The van der Waals surface area contributed by atoms with Gasteiger partial charge in [-0.2, -0.15) is 0 Å². The summed E-state index contributed by atoms with van der Waals surface area (Å²) in [6, 6.07) is 9.02. The van der Waals surface area contributed by atoms with Crippen molar-refractivity contribution in [3.8, 4) is 5.75 Å².